The molecule has 148 valence electrons. The third kappa shape index (κ3) is 3.44. The van der Waals surface area contributed by atoms with Crippen molar-refractivity contribution < 1.29 is 14.3 Å². The van der Waals surface area contributed by atoms with Crippen LogP contribution in [0.4, 0.5) is 0 Å². The number of rotatable bonds is 5. The number of nitrogens with one attached hydrogen (secondary N) is 1. The lowest BCUT2D eigenvalue weighted by atomic mass is 10.1. The van der Waals surface area contributed by atoms with E-state index in [1.165, 1.54) is 22.9 Å². The van der Waals surface area contributed by atoms with Gasteiger partial charge in [-0.15, -0.1) is 5.10 Å². The van der Waals surface area contributed by atoms with Crippen LogP contribution >= 0.6 is 11.8 Å². The fourth-order valence-corrected chi connectivity index (χ4v) is 4.77. The fraction of sp³-hybridized carbons (Fsp3) is 0.286. The zero-order chi connectivity index (χ0) is 19.8. The van der Waals surface area contributed by atoms with Gasteiger partial charge < -0.3 is 9.47 Å². The van der Waals surface area contributed by atoms with Crippen LogP contribution in [0.3, 0.4) is 0 Å². The molecule has 0 amide bonds. The molecular formula is C21H19N3O4S. The first-order valence-corrected chi connectivity index (χ1v) is 10.5. The van der Waals surface area contributed by atoms with Crippen LogP contribution in [-0.4, -0.2) is 39.5 Å². The number of hydrogen-bond donors (Lipinski definition) is 1. The molecule has 2 aliphatic rings. The van der Waals surface area contributed by atoms with Gasteiger partial charge in [-0.3, -0.25) is 9.36 Å². The van der Waals surface area contributed by atoms with Crippen LogP contribution < -0.4 is 15.2 Å². The molecule has 0 unspecified atom stereocenters. The quantitative estimate of drug-likeness (QED) is 0.515. The Labute approximate surface area is 171 Å². The summed E-state index contributed by atoms with van der Waals surface area (Å²) in [5, 5.41) is 7.23. The van der Waals surface area contributed by atoms with Crippen molar-refractivity contribution in [1.82, 2.24) is 14.8 Å². The van der Waals surface area contributed by atoms with E-state index in [1.54, 1.807) is 22.8 Å². The van der Waals surface area contributed by atoms with E-state index >= 15 is 0 Å². The second kappa shape index (κ2) is 7.44. The molecule has 0 radical (unpaired) electrons. The van der Waals surface area contributed by atoms with Crippen LogP contribution in [0.25, 0.3) is 0 Å². The summed E-state index contributed by atoms with van der Waals surface area (Å²) in [6.07, 6.45) is 1.58. The molecule has 1 aliphatic heterocycles. The molecule has 7 nitrogen and oxygen atoms in total. The maximum absolute atomic E-state index is 12.7. The summed E-state index contributed by atoms with van der Waals surface area (Å²) in [5.74, 6) is 1.38. The summed E-state index contributed by atoms with van der Waals surface area (Å²) in [4.78, 5) is 25.0. The van der Waals surface area contributed by atoms with Crippen molar-refractivity contribution in [1.29, 1.82) is 0 Å². The highest BCUT2D eigenvalue weighted by Gasteiger charge is 2.27. The number of Topliss-reactive ketones (excluding diaryl/α,β-unsaturated/α-hetero) is 1. The van der Waals surface area contributed by atoms with E-state index in [2.05, 4.69) is 22.3 Å². The normalized spacial score (nSPS) is 15.3. The molecule has 1 N–H and O–H groups in total. The summed E-state index contributed by atoms with van der Waals surface area (Å²) >= 11 is 1.27. The first-order valence-electron chi connectivity index (χ1n) is 9.48. The number of thioether (sulfide) groups is 1. The second-order valence-corrected chi connectivity index (χ2v) is 8.02. The Morgan fingerprint density at radius 2 is 1.83 bits per heavy atom. The predicted octanol–water partition coefficient (Wildman–Crippen LogP) is 2.66. The molecule has 3 aromatic rings. The van der Waals surface area contributed by atoms with Crippen molar-refractivity contribution in [2.75, 3.05) is 19.0 Å². The van der Waals surface area contributed by atoms with Crippen LogP contribution in [0.2, 0.25) is 0 Å². The first kappa shape index (κ1) is 18.1. The third-order valence-corrected chi connectivity index (χ3v) is 6.22. The molecule has 5 rings (SSSR count). The molecule has 29 heavy (non-hydrogen) atoms. The summed E-state index contributed by atoms with van der Waals surface area (Å²) in [6, 6.07) is 13.4. The van der Waals surface area contributed by atoms with Gasteiger partial charge >= 0.3 is 5.69 Å². The molecule has 1 aromatic heterocycles. The van der Waals surface area contributed by atoms with Gasteiger partial charge in [0, 0.05) is 11.6 Å². The van der Waals surface area contributed by atoms with E-state index in [9.17, 15) is 9.59 Å². The highest BCUT2D eigenvalue weighted by Crippen LogP contribution is 2.33. The molecule has 0 atom stereocenters. The van der Waals surface area contributed by atoms with Crippen molar-refractivity contribution >= 4 is 17.5 Å². The molecule has 1 aliphatic carbocycles. The van der Waals surface area contributed by atoms with Crippen LogP contribution in [0, 0.1) is 0 Å². The van der Waals surface area contributed by atoms with Gasteiger partial charge in [-0.2, -0.15) is 0 Å². The molecule has 0 spiro atoms. The SMILES string of the molecule is O=C(CSc1n[nH]c(=O)n1C1Cc2ccccc2C1)c1ccc2c(c1)OCCO2. The van der Waals surface area contributed by atoms with E-state index in [0.717, 1.165) is 12.8 Å². The number of nitrogens with zero attached hydrogens (tertiary/aromatic N) is 2. The van der Waals surface area contributed by atoms with Crippen molar-refractivity contribution in [2.45, 2.75) is 24.0 Å². The summed E-state index contributed by atoms with van der Waals surface area (Å²) in [5.41, 5.74) is 2.83. The maximum Gasteiger partial charge on any atom is 0.344 e. The maximum atomic E-state index is 12.7. The zero-order valence-corrected chi connectivity index (χ0v) is 16.4. The zero-order valence-electron chi connectivity index (χ0n) is 15.6. The summed E-state index contributed by atoms with van der Waals surface area (Å²) in [7, 11) is 0. The van der Waals surface area contributed by atoms with Gasteiger partial charge in [0.1, 0.15) is 13.2 Å². The minimum absolute atomic E-state index is 0.0190. The van der Waals surface area contributed by atoms with E-state index in [0.29, 0.717) is 35.4 Å². The Bertz CT molecular complexity index is 1110. The van der Waals surface area contributed by atoms with Gasteiger partial charge in [-0.25, -0.2) is 9.89 Å². The number of hydrogen-bond acceptors (Lipinski definition) is 6. The van der Waals surface area contributed by atoms with E-state index in [-0.39, 0.29) is 23.3 Å². The van der Waals surface area contributed by atoms with Gasteiger partial charge in [0.15, 0.2) is 22.4 Å². The van der Waals surface area contributed by atoms with Gasteiger partial charge in [-0.05, 0) is 42.2 Å². The topological polar surface area (TPSA) is 86.2 Å². The van der Waals surface area contributed by atoms with Gasteiger partial charge in [0.05, 0.1) is 5.75 Å². The van der Waals surface area contributed by atoms with Crippen molar-refractivity contribution in [3.8, 4) is 11.5 Å². The molecule has 0 fully saturated rings. The first-order chi connectivity index (χ1) is 14.2. The Morgan fingerprint density at radius 3 is 2.59 bits per heavy atom. The van der Waals surface area contributed by atoms with E-state index < -0.39 is 0 Å². The largest absolute Gasteiger partial charge is 0.486 e. The summed E-state index contributed by atoms with van der Waals surface area (Å²) < 4.78 is 12.7. The van der Waals surface area contributed by atoms with E-state index in [1.807, 2.05) is 12.1 Å². The number of aromatic nitrogens is 3. The number of fused-ring (bicyclic) bond motifs is 2. The number of ether oxygens (including phenoxy) is 2. The molecule has 2 aromatic carbocycles. The van der Waals surface area contributed by atoms with Gasteiger partial charge in [-0.1, -0.05) is 36.0 Å². The second-order valence-electron chi connectivity index (χ2n) is 7.08. The summed E-state index contributed by atoms with van der Waals surface area (Å²) in [6.45, 7) is 0.987. The Balaban J connectivity index is 1.31. The molecule has 0 saturated heterocycles. The highest BCUT2D eigenvalue weighted by molar-refractivity contribution is 7.99. The smallest absolute Gasteiger partial charge is 0.344 e. The Hall–Kier alpha value is -3.00. The minimum Gasteiger partial charge on any atom is -0.486 e. The number of benzene rings is 2. The average molecular weight is 409 g/mol. The number of carbonyl (C=O) groups is 1. The van der Waals surface area contributed by atoms with Crippen LogP contribution in [0.15, 0.2) is 52.4 Å². The lowest BCUT2D eigenvalue weighted by Crippen LogP contribution is -2.23. The number of ketones is 1. The Kier molecular flexibility index (Phi) is 4.63. The van der Waals surface area contributed by atoms with Crippen molar-refractivity contribution in [2.24, 2.45) is 0 Å². The van der Waals surface area contributed by atoms with Crippen LogP contribution in [0.1, 0.15) is 27.5 Å². The fourth-order valence-electron chi connectivity index (χ4n) is 3.86. The average Bonchev–Trinajstić information content (AvgIpc) is 3.34. The number of carbonyl (C=O) groups excluding carboxylic acids is 1. The van der Waals surface area contributed by atoms with E-state index in [4.69, 9.17) is 9.47 Å². The molecular weight excluding hydrogens is 390 g/mol. The van der Waals surface area contributed by atoms with Crippen molar-refractivity contribution in [3.05, 3.63) is 69.6 Å². The van der Waals surface area contributed by atoms with Crippen molar-refractivity contribution in [3.63, 3.8) is 0 Å². The van der Waals surface area contributed by atoms with Crippen LogP contribution in [0.5, 0.6) is 11.5 Å². The van der Waals surface area contributed by atoms with Crippen LogP contribution in [-0.2, 0) is 12.8 Å². The monoisotopic (exact) mass is 409 g/mol. The molecule has 0 bridgehead atoms. The molecule has 0 saturated carbocycles. The predicted molar refractivity (Wildman–Crippen MR) is 108 cm³/mol. The van der Waals surface area contributed by atoms with Gasteiger partial charge in [0.25, 0.3) is 0 Å². The Morgan fingerprint density at radius 1 is 1.10 bits per heavy atom. The van der Waals surface area contributed by atoms with Gasteiger partial charge in [0.2, 0.25) is 0 Å². The standard InChI is InChI=1S/C21H19N3O4S/c25-17(15-5-6-18-19(11-15)28-8-7-27-18)12-29-21-23-22-20(26)24(21)16-9-13-3-1-2-4-14(13)10-16/h1-6,11,16H,7-10,12H2,(H,22,26). The minimum atomic E-state index is -0.239. The molecule has 8 heteroatoms. The molecule has 2 heterocycles. The number of H-pyrrole nitrogens is 1. The lowest BCUT2D eigenvalue weighted by molar-refractivity contribution is 0.102. The number of aromatic amines is 1. The lowest BCUT2D eigenvalue weighted by Gasteiger charge is -2.18. The highest BCUT2D eigenvalue weighted by atomic mass is 32.2. The third-order valence-electron chi connectivity index (χ3n) is 5.26.